The van der Waals surface area contributed by atoms with Crippen LogP contribution in [0.3, 0.4) is 0 Å². The number of nitrogens with one attached hydrogen (secondary N) is 1. The summed E-state index contributed by atoms with van der Waals surface area (Å²) in [7, 11) is 1.87. The second-order valence-electron chi connectivity index (χ2n) is 4.07. The second kappa shape index (κ2) is 6.51. The molecule has 2 rings (SSSR count). The zero-order chi connectivity index (χ0) is 13.1. The van der Waals surface area contributed by atoms with Gasteiger partial charge in [0.05, 0.1) is 18.1 Å². The zero-order valence-corrected chi connectivity index (χ0v) is 11.5. The van der Waals surface area contributed by atoms with E-state index in [0.29, 0.717) is 6.54 Å². The number of aromatic nitrogens is 4. The van der Waals surface area contributed by atoms with Crippen LogP contribution < -0.4 is 5.32 Å². The number of anilines is 1. The van der Waals surface area contributed by atoms with E-state index >= 15 is 0 Å². The Labute approximate surface area is 116 Å². The molecule has 2 heterocycles. The fourth-order valence-corrected chi connectivity index (χ4v) is 1.61. The molecule has 0 bridgehead atoms. The van der Waals surface area contributed by atoms with Crippen molar-refractivity contribution in [2.45, 2.75) is 26.4 Å². The van der Waals surface area contributed by atoms with Crippen LogP contribution in [-0.4, -0.2) is 26.0 Å². The molecule has 0 fully saturated rings. The minimum absolute atomic E-state index is 0. The van der Waals surface area contributed by atoms with Crippen LogP contribution in [0.5, 0.6) is 0 Å². The quantitative estimate of drug-likeness (QED) is 0.919. The van der Waals surface area contributed by atoms with Crippen molar-refractivity contribution in [2.24, 2.45) is 7.05 Å². The molecule has 2 aromatic heterocycles. The monoisotopic (exact) mass is 291 g/mol. The molecule has 0 aliphatic carbocycles. The lowest BCUT2D eigenvalue weighted by atomic mass is 10.2. The molecule has 0 saturated heterocycles. The van der Waals surface area contributed by atoms with E-state index in [1.165, 1.54) is 10.9 Å². The highest BCUT2D eigenvalue weighted by Gasteiger charge is 2.07. The maximum Gasteiger partial charge on any atom is 0.257 e. The summed E-state index contributed by atoms with van der Waals surface area (Å²) >= 11 is 0. The second-order valence-corrected chi connectivity index (χ2v) is 4.07. The van der Waals surface area contributed by atoms with Gasteiger partial charge in [0.15, 0.2) is 0 Å². The standard InChI is InChI=1S/C11H15F2N5.ClH/c1-8-9(4-15-17(8)2)3-14-10-5-16-18(6-10)7-11(12)13;/h4-6,11,14H,3,7H2,1-2H3;1H. The van der Waals surface area contributed by atoms with Crippen molar-refractivity contribution in [3.8, 4) is 0 Å². The van der Waals surface area contributed by atoms with E-state index in [-0.39, 0.29) is 19.0 Å². The normalized spacial score (nSPS) is 10.6. The van der Waals surface area contributed by atoms with Crippen LogP contribution in [0.1, 0.15) is 11.3 Å². The lowest BCUT2D eigenvalue weighted by molar-refractivity contribution is 0.122. The van der Waals surface area contributed by atoms with Crippen molar-refractivity contribution in [1.29, 1.82) is 0 Å². The van der Waals surface area contributed by atoms with Gasteiger partial charge >= 0.3 is 0 Å². The Hall–Kier alpha value is -1.63. The molecule has 19 heavy (non-hydrogen) atoms. The van der Waals surface area contributed by atoms with E-state index in [1.807, 2.05) is 14.0 Å². The fourth-order valence-electron chi connectivity index (χ4n) is 1.61. The van der Waals surface area contributed by atoms with Crippen molar-refractivity contribution in [3.63, 3.8) is 0 Å². The van der Waals surface area contributed by atoms with Gasteiger partial charge in [0.1, 0.15) is 6.54 Å². The molecule has 0 saturated carbocycles. The molecule has 0 radical (unpaired) electrons. The summed E-state index contributed by atoms with van der Waals surface area (Å²) in [5, 5.41) is 11.1. The van der Waals surface area contributed by atoms with Crippen molar-refractivity contribution in [1.82, 2.24) is 19.6 Å². The van der Waals surface area contributed by atoms with E-state index in [2.05, 4.69) is 15.5 Å². The molecule has 1 N–H and O–H groups in total. The van der Waals surface area contributed by atoms with E-state index in [0.717, 1.165) is 16.9 Å². The molecule has 0 amide bonds. The van der Waals surface area contributed by atoms with Crippen molar-refractivity contribution >= 4 is 18.1 Å². The molecule has 0 aliphatic rings. The molecule has 2 aromatic rings. The zero-order valence-electron chi connectivity index (χ0n) is 10.7. The first-order valence-corrected chi connectivity index (χ1v) is 5.58. The van der Waals surface area contributed by atoms with Gasteiger partial charge in [0.25, 0.3) is 6.43 Å². The summed E-state index contributed by atoms with van der Waals surface area (Å²) in [6.07, 6.45) is 2.50. The average Bonchev–Trinajstić information content (AvgIpc) is 2.86. The van der Waals surface area contributed by atoms with Crippen molar-refractivity contribution in [3.05, 3.63) is 29.8 Å². The third-order valence-corrected chi connectivity index (χ3v) is 2.78. The van der Waals surface area contributed by atoms with Crippen molar-refractivity contribution < 1.29 is 8.78 Å². The summed E-state index contributed by atoms with van der Waals surface area (Å²) < 4.78 is 27.3. The number of nitrogens with zero attached hydrogens (tertiary/aromatic N) is 4. The first kappa shape index (κ1) is 15.4. The summed E-state index contributed by atoms with van der Waals surface area (Å²) in [5.74, 6) is 0. The highest BCUT2D eigenvalue weighted by molar-refractivity contribution is 5.85. The van der Waals surface area contributed by atoms with Crippen molar-refractivity contribution in [2.75, 3.05) is 5.32 Å². The van der Waals surface area contributed by atoms with Crippen LogP contribution in [0.4, 0.5) is 14.5 Å². The molecule has 8 heteroatoms. The van der Waals surface area contributed by atoms with Crippen LogP contribution in [-0.2, 0) is 20.1 Å². The van der Waals surface area contributed by atoms with Crippen LogP contribution in [0.25, 0.3) is 0 Å². The molecule has 5 nitrogen and oxygen atoms in total. The maximum atomic E-state index is 12.1. The molecule has 0 aliphatic heterocycles. The summed E-state index contributed by atoms with van der Waals surface area (Å²) in [6, 6.07) is 0. The van der Waals surface area contributed by atoms with E-state index in [9.17, 15) is 8.78 Å². The van der Waals surface area contributed by atoms with Gasteiger partial charge in [-0.2, -0.15) is 10.2 Å². The molecule has 0 aromatic carbocycles. The van der Waals surface area contributed by atoms with Gasteiger partial charge in [-0.15, -0.1) is 12.4 Å². The lowest BCUT2D eigenvalue weighted by Crippen LogP contribution is -2.06. The van der Waals surface area contributed by atoms with Gasteiger partial charge in [-0.3, -0.25) is 9.36 Å². The maximum absolute atomic E-state index is 12.1. The highest BCUT2D eigenvalue weighted by atomic mass is 35.5. The minimum atomic E-state index is -2.39. The fraction of sp³-hybridized carbons (Fsp3) is 0.455. The molecule has 0 spiro atoms. The average molecular weight is 292 g/mol. The first-order chi connectivity index (χ1) is 8.56. The molecular formula is C11H16ClF2N5. The summed E-state index contributed by atoms with van der Waals surface area (Å²) in [5.41, 5.74) is 2.86. The molecule has 0 unspecified atom stereocenters. The Morgan fingerprint density at radius 1 is 1.32 bits per heavy atom. The summed E-state index contributed by atoms with van der Waals surface area (Å²) in [6.45, 7) is 2.19. The third kappa shape index (κ3) is 3.92. The van der Waals surface area contributed by atoms with Crippen LogP contribution >= 0.6 is 12.4 Å². The smallest absolute Gasteiger partial charge is 0.257 e. The predicted octanol–water partition coefficient (Wildman–Crippen LogP) is 2.22. The minimum Gasteiger partial charge on any atom is -0.378 e. The Morgan fingerprint density at radius 2 is 2.05 bits per heavy atom. The molecule has 0 atom stereocenters. The van der Waals surface area contributed by atoms with E-state index < -0.39 is 6.43 Å². The van der Waals surface area contributed by atoms with Gasteiger partial charge < -0.3 is 5.32 Å². The Kier molecular flexibility index (Phi) is 5.29. The number of aryl methyl sites for hydroxylation is 1. The number of alkyl halides is 2. The van der Waals surface area contributed by atoms with Crippen LogP contribution in [0, 0.1) is 6.92 Å². The van der Waals surface area contributed by atoms with Gasteiger partial charge in [0, 0.05) is 31.0 Å². The van der Waals surface area contributed by atoms with E-state index in [4.69, 9.17) is 0 Å². The Morgan fingerprint density at radius 3 is 2.63 bits per heavy atom. The third-order valence-electron chi connectivity index (χ3n) is 2.78. The van der Waals surface area contributed by atoms with Gasteiger partial charge in [0.2, 0.25) is 0 Å². The van der Waals surface area contributed by atoms with Gasteiger partial charge in [-0.1, -0.05) is 0 Å². The molecular weight excluding hydrogens is 276 g/mol. The van der Waals surface area contributed by atoms with Crippen LogP contribution in [0.15, 0.2) is 18.6 Å². The number of rotatable bonds is 5. The number of hydrogen-bond donors (Lipinski definition) is 1. The van der Waals surface area contributed by atoms with Gasteiger partial charge in [-0.25, -0.2) is 8.78 Å². The molecule has 106 valence electrons. The lowest BCUT2D eigenvalue weighted by Gasteiger charge is -2.03. The van der Waals surface area contributed by atoms with Crippen LogP contribution in [0.2, 0.25) is 0 Å². The number of halogens is 3. The van der Waals surface area contributed by atoms with E-state index in [1.54, 1.807) is 17.1 Å². The highest BCUT2D eigenvalue weighted by Crippen LogP contribution is 2.11. The summed E-state index contributed by atoms with van der Waals surface area (Å²) in [4.78, 5) is 0. The first-order valence-electron chi connectivity index (χ1n) is 5.58. The van der Waals surface area contributed by atoms with Gasteiger partial charge in [-0.05, 0) is 6.92 Å². The Bertz CT molecular complexity index is 523. The topological polar surface area (TPSA) is 47.7 Å². The SMILES string of the molecule is Cc1c(CNc2cnn(CC(F)F)c2)cnn1C.Cl. The predicted molar refractivity (Wildman–Crippen MR) is 70.8 cm³/mol. The number of hydrogen-bond acceptors (Lipinski definition) is 3. The largest absolute Gasteiger partial charge is 0.378 e. The Balaban J connectivity index is 0.00000180.